The predicted octanol–water partition coefficient (Wildman–Crippen LogP) is 2.76. The number of Topliss-reactive ketones (excluding diaryl/α,β-unsaturated/α-hetero) is 1. The largest absolute Gasteiger partial charge is 0.321 e. The second-order valence-corrected chi connectivity index (χ2v) is 5.28. The lowest BCUT2D eigenvalue weighted by atomic mass is 9.77. The zero-order chi connectivity index (χ0) is 11.4. The Kier molecular flexibility index (Phi) is 4.78. The lowest BCUT2D eigenvalue weighted by molar-refractivity contribution is -0.126. The molecular weight excluding hydrogens is 186 g/mol. The maximum Gasteiger partial charge on any atom is 0.152 e. The first-order chi connectivity index (χ1) is 7.06. The molecule has 2 heteroatoms. The maximum absolute atomic E-state index is 12.1. The van der Waals surface area contributed by atoms with E-state index in [9.17, 15) is 4.79 Å². The Hall–Kier alpha value is -0.370. The number of nitrogens with two attached hydrogens (primary N) is 1. The molecule has 0 aliphatic heterocycles. The summed E-state index contributed by atoms with van der Waals surface area (Å²) in [6.45, 7) is 6.42. The number of ketones is 1. The summed E-state index contributed by atoms with van der Waals surface area (Å²) in [5.41, 5.74) is 6.00. The molecule has 1 saturated carbocycles. The quantitative estimate of drug-likeness (QED) is 0.777. The van der Waals surface area contributed by atoms with Gasteiger partial charge in [-0.25, -0.2) is 0 Å². The van der Waals surface area contributed by atoms with E-state index in [4.69, 9.17) is 5.73 Å². The van der Waals surface area contributed by atoms with Gasteiger partial charge in [-0.05, 0) is 24.7 Å². The zero-order valence-electron chi connectivity index (χ0n) is 10.3. The van der Waals surface area contributed by atoms with Gasteiger partial charge in [-0.3, -0.25) is 4.79 Å². The van der Waals surface area contributed by atoms with Crippen LogP contribution in [0.2, 0.25) is 0 Å². The Morgan fingerprint density at radius 2 is 2.13 bits per heavy atom. The van der Waals surface area contributed by atoms with Gasteiger partial charge in [0, 0.05) is 5.92 Å². The summed E-state index contributed by atoms with van der Waals surface area (Å²) in [4.78, 5) is 12.1. The minimum Gasteiger partial charge on any atom is -0.321 e. The minimum absolute atomic E-state index is 0.231. The van der Waals surface area contributed by atoms with E-state index in [0.29, 0.717) is 17.6 Å². The van der Waals surface area contributed by atoms with Gasteiger partial charge in [-0.2, -0.15) is 0 Å². The number of hydrogen-bond donors (Lipinski definition) is 1. The molecule has 2 N–H and O–H groups in total. The first kappa shape index (κ1) is 12.7. The van der Waals surface area contributed by atoms with Crippen molar-refractivity contribution < 1.29 is 4.79 Å². The van der Waals surface area contributed by atoms with E-state index in [1.807, 2.05) is 0 Å². The van der Waals surface area contributed by atoms with E-state index in [-0.39, 0.29) is 12.0 Å². The third-order valence-corrected chi connectivity index (χ3v) is 3.92. The topological polar surface area (TPSA) is 43.1 Å². The third kappa shape index (κ3) is 3.30. The van der Waals surface area contributed by atoms with Gasteiger partial charge in [-0.1, -0.05) is 40.0 Å². The van der Waals surface area contributed by atoms with Gasteiger partial charge in [0.25, 0.3) is 0 Å². The van der Waals surface area contributed by atoms with E-state index >= 15 is 0 Å². The Bertz CT molecular complexity index is 215. The van der Waals surface area contributed by atoms with E-state index in [1.54, 1.807) is 0 Å². The van der Waals surface area contributed by atoms with Crippen molar-refractivity contribution in [2.24, 2.45) is 23.5 Å². The van der Waals surface area contributed by atoms with Crippen molar-refractivity contribution in [2.45, 2.75) is 58.9 Å². The fourth-order valence-corrected chi connectivity index (χ4v) is 2.50. The average molecular weight is 211 g/mol. The summed E-state index contributed by atoms with van der Waals surface area (Å²) in [7, 11) is 0. The van der Waals surface area contributed by atoms with Crippen LogP contribution in [0.1, 0.15) is 52.9 Å². The summed E-state index contributed by atoms with van der Waals surface area (Å²) in [5.74, 6) is 1.60. The Morgan fingerprint density at radius 1 is 1.47 bits per heavy atom. The highest BCUT2D eigenvalue weighted by atomic mass is 16.1. The van der Waals surface area contributed by atoms with Crippen molar-refractivity contribution in [3.63, 3.8) is 0 Å². The first-order valence-corrected chi connectivity index (χ1v) is 6.35. The molecule has 4 unspecified atom stereocenters. The lowest BCUT2D eigenvalue weighted by Gasteiger charge is -2.29. The molecule has 0 aromatic rings. The van der Waals surface area contributed by atoms with Crippen LogP contribution in [0.4, 0.5) is 0 Å². The second kappa shape index (κ2) is 5.64. The molecule has 0 radical (unpaired) electrons. The number of hydrogen-bond acceptors (Lipinski definition) is 2. The maximum atomic E-state index is 12.1. The van der Waals surface area contributed by atoms with Crippen molar-refractivity contribution in [3.05, 3.63) is 0 Å². The smallest absolute Gasteiger partial charge is 0.152 e. The van der Waals surface area contributed by atoms with Crippen LogP contribution in [0.25, 0.3) is 0 Å². The van der Waals surface area contributed by atoms with Gasteiger partial charge < -0.3 is 5.73 Å². The van der Waals surface area contributed by atoms with Crippen molar-refractivity contribution >= 4 is 5.78 Å². The highest BCUT2D eigenvalue weighted by molar-refractivity contribution is 5.86. The van der Waals surface area contributed by atoms with Crippen LogP contribution in [0, 0.1) is 17.8 Å². The molecule has 15 heavy (non-hydrogen) atoms. The van der Waals surface area contributed by atoms with E-state index in [1.165, 1.54) is 12.8 Å². The van der Waals surface area contributed by atoms with Crippen molar-refractivity contribution in [2.75, 3.05) is 0 Å². The first-order valence-electron chi connectivity index (χ1n) is 6.35. The summed E-state index contributed by atoms with van der Waals surface area (Å²) < 4.78 is 0. The zero-order valence-corrected chi connectivity index (χ0v) is 10.3. The molecule has 88 valence electrons. The van der Waals surface area contributed by atoms with Crippen molar-refractivity contribution in [1.29, 1.82) is 0 Å². The molecule has 0 amide bonds. The molecule has 0 heterocycles. The molecule has 0 bridgehead atoms. The standard InChI is InChI=1S/C13H25NO/c1-4-10(3)12(14)13(15)11-7-5-6-9(2)8-11/h9-12H,4-8,14H2,1-3H3. The number of rotatable bonds is 4. The molecule has 0 aromatic carbocycles. The highest BCUT2D eigenvalue weighted by Crippen LogP contribution is 2.30. The van der Waals surface area contributed by atoms with Gasteiger partial charge in [0.15, 0.2) is 5.78 Å². The van der Waals surface area contributed by atoms with Gasteiger partial charge in [0.1, 0.15) is 0 Å². The predicted molar refractivity (Wildman–Crippen MR) is 63.6 cm³/mol. The SMILES string of the molecule is CCC(C)C(N)C(=O)C1CCCC(C)C1. The van der Waals surface area contributed by atoms with Gasteiger partial charge in [-0.15, -0.1) is 0 Å². The summed E-state index contributed by atoms with van der Waals surface area (Å²) in [6.07, 6.45) is 5.60. The van der Waals surface area contributed by atoms with Crippen LogP contribution >= 0.6 is 0 Å². The van der Waals surface area contributed by atoms with Crippen LogP contribution in [0.15, 0.2) is 0 Å². The van der Waals surface area contributed by atoms with Gasteiger partial charge in [0.05, 0.1) is 6.04 Å². The highest BCUT2D eigenvalue weighted by Gasteiger charge is 2.30. The van der Waals surface area contributed by atoms with Crippen LogP contribution in [0.3, 0.4) is 0 Å². The number of carbonyl (C=O) groups is 1. The van der Waals surface area contributed by atoms with Crippen molar-refractivity contribution in [1.82, 2.24) is 0 Å². The Balaban J connectivity index is 2.51. The molecule has 1 rings (SSSR count). The molecule has 4 atom stereocenters. The van der Waals surface area contributed by atoms with Crippen LogP contribution < -0.4 is 5.73 Å². The molecule has 1 fully saturated rings. The minimum atomic E-state index is -0.231. The van der Waals surface area contributed by atoms with Gasteiger partial charge >= 0.3 is 0 Å². The van der Waals surface area contributed by atoms with E-state index in [2.05, 4.69) is 20.8 Å². The average Bonchev–Trinajstić information content (AvgIpc) is 2.26. The fourth-order valence-electron chi connectivity index (χ4n) is 2.50. The summed E-state index contributed by atoms with van der Waals surface area (Å²) in [5, 5.41) is 0. The second-order valence-electron chi connectivity index (χ2n) is 5.28. The monoisotopic (exact) mass is 211 g/mol. The van der Waals surface area contributed by atoms with E-state index < -0.39 is 0 Å². The van der Waals surface area contributed by atoms with Crippen LogP contribution in [-0.4, -0.2) is 11.8 Å². The molecular formula is C13H25NO. The fraction of sp³-hybridized carbons (Fsp3) is 0.923. The normalized spacial score (nSPS) is 30.9. The van der Waals surface area contributed by atoms with Crippen LogP contribution in [-0.2, 0) is 4.79 Å². The molecule has 0 saturated heterocycles. The van der Waals surface area contributed by atoms with Crippen LogP contribution in [0.5, 0.6) is 0 Å². The summed E-state index contributed by atoms with van der Waals surface area (Å²) in [6, 6.07) is -0.231. The Morgan fingerprint density at radius 3 is 2.67 bits per heavy atom. The van der Waals surface area contributed by atoms with Gasteiger partial charge in [0.2, 0.25) is 0 Å². The molecule has 0 spiro atoms. The molecule has 2 nitrogen and oxygen atoms in total. The lowest BCUT2D eigenvalue weighted by Crippen LogP contribution is -2.41. The number of carbonyl (C=O) groups excluding carboxylic acids is 1. The third-order valence-electron chi connectivity index (χ3n) is 3.92. The van der Waals surface area contributed by atoms with Crippen molar-refractivity contribution in [3.8, 4) is 0 Å². The Labute approximate surface area is 93.6 Å². The summed E-state index contributed by atoms with van der Waals surface area (Å²) >= 11 is 0. The molecule has 0 aromatic heterocycles. The van der Waals surface area contributed by atoms with E-state index in [0.717, 1.165) is 19.3 Å². The molecule has 1 aliphatic carbocycles. The molecule has 1 aliphatic rings.